The molecule has 0 spiro atoms. The molecule has 0 saturated carbocycles. The maximum atomic E-state index is 5.08. The summed E-state index contributed by atoms with van der Waals surface area (Å²) in [5, 5.41) is 0. The minimum Gasteiger partial charge on any atom is -0.462 e. The number of nitrogens with two attached hydrogens (primary N) is 1. The lowest BCUT2D eigenvalue weighted by Crippen LogP contribution is -2.07. The van der Waals surface area contributed by atoms with E-state index in [0.717, 1.165) is 0 Å². The molecule has 1 heterocycles. The number of ether oxygens (including phenoxy) is 1. The summed E-state index contributed by atoms with van der Waals surface area (Å²) < 4.78 is 4.83. The van der Waals surface area contributed by atoms with E-state index in [0.29, 0.717) is 5.88 Å². The standard InChI is InChI=1S/C5H7N3O/c6-3-9-5-1-2-7-4-8-5/h1-2,4H,3,6H2. The van der Waals surface area contributed by atoms with E-state index in [4.69, 9.17) is 10.5 Å². The molecule has 2 N–H and O–H groups in total. The van der Waals surface area contributed by atoms with Crippen molar-refractivity contribution in [3.8, 4) is 5.88 Å². The number of nitrogens with zero attached hydrogens (tertiary/aromatic N) is 2. The Balaban J connectivity index is 2.61. The van der Waals surface area contributed by atoms with Gasteiger partial charge in [0.1, 0.15) is 13.1 Å². The van der Waals surface area contributed by atoms with E-state index in [1.807, 2.05) is 0 Å². The van der Waals surface area contributed by atoms with Gasteiger partial charge < -0.3 is 4.74 Å². The summed E-state index contributed by atoms with van der Waals surface area (Å²) in [6, 6.07) is 1.65. The summed E-state index contributed by atoms with van der Waals surface area (Å²) in [7, 11) is 0. The molecule has 1 aromatic rings. The molecule has 0 saturated heterocycles. The summed E-state index contributed by atoms with van der Waals surface area (Å²) in [6.45, 7) is 0.150. The van der Waals surface area contributed by atoms with Crippen LogP contribution in [0, 0.1) is 0 Å². The van der Waals surface area contributed by atoms with Crippen LogP contribution in [0.2, 0.25) is 0 Å². The summed E-state index contributed by atoms with van der Waals surface area (Å²) >= 11 is 0. The lowest BCUT2D eigenvalue weighted by molar-refractivity contribution is 0.316. The number of rotatable bonds is 2. The fourth-order valence-electron chi connectivity index (χ4n) is 0.449. The predicted octanol–water partition coefficient (Wildman–Crippen LogP) is -0.228. The predicted molar refractivity (Wildman–Crippen MR) is 31.7 cm³/mol. The molecule has 48 valence electrons. The van der Waals surface area contributed by atoms with Crippen molar-refractivity contribution in [3.63, 3.8) is 0 Å². The monoisotopic (exact) mass is 125 g/mol. The van der Waals surface area contributed by atoms with Gasteiger partial charge in [-0.3, -0.25) is 5.73 Å². The van der Waals surface area contributed by atoms with Crippen molar-refractivity contribution in [1.82, 2.24) is 9.97 Å². The lowest BCUT2D eigenvalue weighted by Gasteiger charge is -1.97. The van der Waals surface area contributed by atoms with Gasteiger partial charge in [0.25, 0.3) is 0 Å². The topological polar surface area (TPSA) is 61.0 Å². The van der Waals surface area contributed by atoms with Crippen LogP contribution in [0.1, 0.15) is 0 Å². The molecule has 4 heteroatoms. The van der Waals surface area contributed by atoms with Crippen LogP contribution in [-0.2, 0) is 0 Å². The molecule has 0 amide bonds. The first-order valence-corrected chi connectivity index (χ1v) is 2.52. The second-order valence-corrected chi connectivity index (χ2v) is 1.36. The third-order valence-electron chi connectivity index (χ3n) is 0.786. The Hall–Kier alpha value is -1.16. The first kappa shape index (κ1) is 5.97. The van der Waals surface area contributed by atoms with Crippen LogP contribution in [-0.4, -0.2) is 16.7 Å². The molecule has 1 rings (SSSR count). The highest BCUT2D eigenvalue weighted by molar-refractivity contribution is 5.03. The molecule has 0 aromatic carbocycles. The second kappa shape index (κ2) is 2.99. The zero-order chi connectivity index (χ0) is 6.53. The van der Waals surface area contributed by atoms with Gasteiger partial charge in [0.05, 0.1) is 0 Å². The molecule has 0 radical (unpaired) electrons. The first-order valence-electron chi connectivity index (χ1n) is 2.52. The van der Waals surface area contributed by atoms with Crippen molar-refractivity contribution in [2.45, 2.75) is 0 Å². The Labute approximate surface area is 52.7 Å². The van der Waals surface area contributed by atoms with Crippen molar-refractivity contribution in [2.75, 3.05) is 6.73 Å². The minimum absolute atomic E-state index is 0.150. The maximum absolute atomic E-state index is 5.08. The first-order chi connectivity index (χ1) is 4.43. The van der Waals surface area contributed by atoms with Gasteiger partial charge in [-0.15, -0.1) is 0 Å². The number of hydrogen-bond acceptors (Lipinski definition) is 4. The lowest BCUT2D eigenvalue weighted by atomic mass is 10.6. The van der Waals surface area contributed by atoms with Gasteiger partial charge in [-0.25, -0.2) is 9.97 Å². The van der Waals surface area contributed by atoms with Gasteiger partial charge in [-0.2, -0.15) is 0 Å². The smallest absolute Gasteiger partial charge is 0.217 e. The van der Waals surface area contributed by atoms with Crippen LogP contribution in [0.25, 0.3) is 0 Å². The average molecular weight is 125 g/mol. The highest BCUT2D eigenvalue weighted by atomic mass is 16.5. The average Bonchev–Trinajstić information content (AvgIpc) is 1.91. The molecular weight excluding hydrogens is 118 g/mol. The largest absolute Gasteiger partial charge is 0.462 e. The summed E-state index contributed by atoms with van der Waals surface area (Å²) in [6.07, 6.45) is 3.00. The summed E-state index contributed by atoms with van der Waals surface area (Å²) in [5.41, 5.74) is 5.08. The molecule has 0 aliphatic heterocycles. The Morgan fingerprint density at radius 2 is 2.56 bits per heavy atom. The molecule has 4 nitrogen and oxygen atoms in total. The quantitative estimate of drug-likeness (QED) is 0.555. The van der Waals surface area contributed by atoms with Gasteiger partial charge >= 0.3 is 0 Å². The van der Waals surface area contributed by atoms with Crippen molar-refractivity contribution in [3.05, 3.63) is 18.6 Å². The van der Waals surface area contributed by atoms with Gasteiger partial charge in [0.2, 0.25) is 5.88 Å². The SMILES string of the molecule is NCOc1ccncn1. The van der Waals surface area contributed by atoms with E-state index in [1.54, 1.807) is 12.3 Å². The summed E-state index contributed by atoms with van der Waals surface area (Å²) in [4.78, 5) is 7.45. The van der Waals surface area contributed by atoms with Gasteiger partial charge in [0.15, 0.2) is 0 Å². The minimum atomic E-state index is 0.150. The van der Waals surface area contributed by atoms with Crippen LogP contribution in [0.15, 0.2) is 18.6 Å². The fraction of sp³-hybridized carbons (Fsp3) is 0.200. The van der Waals surface area contributed by atoms with E-state index >= 15 is 0 Å². The van der Waals surface area contributed by atoms with Crippen LogP contribution in [0.3, 0.4) is 0 Å². The Morgan fingerprint density at radius 1 is 1.67 bits per heavy atom. The number of hydrogen-bond donors (Lipinski definition) is 1. The molecule has 0 aliphatic rings. The van der Waals surface area contributed by atoms with E-state index in [1.165, 1.54) is 6.33 Å². The Kier molecular flexibility index (Phi) is 1.98. The van der Waals surface area contributed by atoms with E-state index in [2.05, 4.69) is 9.97 Å². The van der Waals surface area contributed by atoms with Gasteiger partial charge in [-0.05, 0) is 0 Å². The maximum Gasteiger partial charge on any atom is 0.217 e. The van der Waals surface area contributed by atoms with Crippen LogP contribution in [0.5, 0.6) is 5.88 Å². The van der Waals surface area contributed by atoms with E-state index < -0.39 is 0 Å². The summed E-state index contributed by atoms with van der Waals surface area (Å²) in [5.74, 6) is 0.507. The van der Waals surface area contributed by atoms with Crippen molar-refractivity contribution < 1.29 is 4.74 Å². The van der Waals surface area contributed by atoms with Crippen LogP contribution < -0.4 is 10.5 Å². The molecule has 0 atom stereocenters. The molecule has 0 unspecified atom stereocenters. The van der Waals surface area contributed by atoms with E-state index in [-0.39, 0.29) is 6.73 Å². The Morgan fingerprint density at radius 3 is 3.11 bits per heavy atom. The van der Waals surface area contributed by atoms with Crippen LogP contribution >= 0.6 is 0 Å². The van der Waals surface area contributed by atoms with Crippen LogP contribution in [0.4, 0.5) is 0 Å². The van der Waals surface area contributed by atoms with Gasteiger partial charge in [0, 0.05) is 12.3 Å². The van der Waals surface area contributed by atoms with Crippen molar-refractivity contribution >= 4 is 0 Å². The highest BCUT2D eigenvalue weighted by Gasteiger charge is 1.86. The highest BCUT2D eigenvalue weighted by Crippen LogP contribution is 1.98. The molecule has 0 fully saturated rings. The molecule has 1 aromatic heterocycles. The van der Waals surface area contributed by atoms with Crippen molar-refractivity contribution in [2.24, 2.45) is 5.73 Å². The third-order valence-corrected chi connectivity index (χ3v) is 0.786. The molecule has 0 bridgehead atoms. The number of aromatic nitrogens is 2. The third kappa shape index (κ3) is 1.65. The fourth-order valence-corrected chi connectivity index (χ4v) is 0.449. The zero-order valence-corrected chi connectivity index (χ0v) is 4.82. The molecule has 9 heavy (non-hydrogen) atoms. The molecule has 0 aliphatic carbocycles. The van der Waals surface area contributed by atoms with E-state index in [9.17, 15) is 0 Å². The normalized spacial score (nSPS) is 9.00. The Bertz CT molecular complexity index is 165. The van der Waals surface area contributed by atoms with Crippen molar-refractivity contribution in [1.29, 1.82) is 0 Å². The second-order valence-electron chi connectivity index (χ2n) is 1.36. The zero-order valence-electron chi connectivity index (χ0n) is 4.82. The molecular formula is C5H7N3O. The van der Waals surface area contributed by atoms with Gasteiger partial charge in [-0.1, -0.05) is 0 Å².